The first-order valence-electron chi connectivity index (χ1n) is 7.64. The van der Waals surface area contributed by atoms with Crippen molar-refractivity contribution in [2.75, 3.05) is 23.3 Å². The molecule has 3 rings (SSSR count). The van der Waals surface area contributed by atoms with E-state index in [4.69, 9.17) is 0 Å². The van der Waals surface area contributed by atoms with Gasteiger partial charge in [-0.25, -0.2) is 0 Å². The van der Waals surface area contributed by atoms with Crippen LogP contribution in [0.3, 0.4) is 0 Å². The number of carbonyl (C=O) groups excluding carboxylic acids is 1. The zero-order chi connectivity index (χ0) is 15.4. The van der Waals surface area contributed by atoms with Crippen molar-refractivity contribution in [2.45, 2.75) is 19.3 Å². The number of piperidine rings is 1. The lowest BCUT2D eigenvalue weighted by Gasteiger charge is -2.28. The molecule has 1 amide bonds. The number of hydrogen-bond donors (Lipinski definition) is 1. The second kappa shape index (κ2) is 7.13. The first kappa shape index (κ1) is 15.3. The molecule has 0 radical (unpaired) electrons. The van der Waals surface area contributed by atoms with Crippen molar-refractivity contribution in [1.29, 1.82) is 0 Å². The quantitative estimate of drug-likeness (QED) is 0.760. The fraction of sp³-hybridized carbons (Fsp3) is 0.278. The minimum atomic E-state index is -0.0635. The van der Waals surface area contributed by atoms with Gasteiger partial charge in [-0.05, 0) is 90.4 Å². The van der Waals surface area contributed by atoms with Gasteiger partial charge < -0.3 is 10.2 Å². The molecule has 0 unspecified atom stereocenters. The molecule has 114 valence electrons. The predicted octanol–water partition coefficient (Wildman–Crippen LogP) is 4.53. The lowest BCUT2D eigenvalue weighted by atomic mass is 10.1. The predicted molar refractivity (Wildman–Crippen MR) is 99.6 cm³/mol. The van der Waals surface area contributed by atoms with E-state index in [0.29, 0.717) is 5.56 Å². The highest BCUT2D eigenvalue weighted by molar-refractivity contribution is 14.1. The highest BCUT2D eigenvalue weighted by atomic mass is 127. The van der Waals surface area contributed by atoms with Crippen LogP contribution in [0.15, 0.2) is 48.5 Å². The Labute approximate surface area is 144 Å². The van der Waals surface area contributed by atoms with Gasteiger partial charge in [0, 0.05) is 33.6 Å². The Morgan fingerprint density at radius 3 is 2.18 bits per heavy atom. The largest absolute Gasteiger partial charge is 0.372 e. The molecule has 3 nitrogen and oxygen atoms in total. The maximum absolute atomic E-state index is 12.3. The summed E-state index contributed by atoms with van der Waals surface area (Å²) in [6.07, 6.45) is 3.84. The number of amides is 1. The fourth-order valence-electron chi connectivity index (χ4n) is 2.71. The summed E-state index contributed by atoms with van der Waals surface area (Å²) in [5.74, 6) is -0.0635. The first-order chi connectivity index (χ1) is 10.7. The summed E-state index contributed by atoms with van der Waals surface area (Å²) in [6, 6.07) is 15.7. The number of rotatable bonds is 3. The van der Waals surface area contributed by atoms with Crippen LogP contribution in [-0.4, -0.2) is 19.0 Å². The minimum Gasteiger partial charge on any atom is -0.372 e. The zero-order valence-electron chi connectivity index (χ0n) is 12.4. The summed E-state index contributed by atoms with van der Waals surface area (Å²) >= 11 is 2.25. The molecule has 0 atom stereocenters. The molecule has 1 aliphatic rings. The average molecular weight is 406 g/mol. The molecule has 1 aliphatic heterocycles. The molecule has 0 saturated carbocycles. The number of nitrogens with one attached hydrogen (secondary N) is 1. The van der Waals surface area contributed by atoms with Crippen molar-refractivity contribution in [3.05, 3.63) is 57.7 Å². The molecule has 0 aromatic heterocycles. The Balaban J connectivity index is 1.66. The van der Waals surface area contributed by atoms with Crippen molar-refractivity contribution >= 4 is 39.9 Å². The number of halogens is 1. The van der Waals surface area contributed by atoms with E-state index in [1.165, 1.54) is 24.9 Å². The minimum absolute atomic E-state index is 0.0635. The van der Waals surface area contributed by atoms with Gasteiger partial charge in [-0.1, -0.05) is 0 Å². The Morgan fingerprint density at radius 1 is 0.909 bits per heavy atom. The standard InChI is InChI=1S/C18H19IN2O/c19-15-6-8-16(9-7-15)20-18(22)14-4-10-17(11-5-14)21-12-2-1-3-13-21/h4-11H,1-3,12-13H2,(H,20,22). The topological polar surface area (TPSA) is 32.3 Å². The summed E-state index contributed by atoms with van der Waals surface area (Å²) < 4.78 is 1.15. The van der Waals surface area contributed by atoms with Gasteiger partial charge in [0.2, 0.25) is 0 Å². The molecule has 0 bridgehead atoms. The van der Waals surface area contributed by atoms with Gasteiger partial charge in [0.1, 0.15) is 0 Å². The Hall–Kier alpha value is -1.56. The second-order valence-electron chi connectivity index (χ2n) is 5.56. The van der Waals surface area contributed by atoms with Gasteiger partial charge in [-0.3, -0.25) is 4.79 Å². The second-order valence-corrected chi connectivity index (χ2v) is 6.80. The highest BCUT2D eigenvalue weighted by Gasteiger charge is 2.12. The van der Waals surface area contributed by atoms with E-state index < -0.39 is 0 Å². The van der Waals surface area contributed by atoms with Gasteiger partial charge in [0.05, 0.1) is 0 Å². The van der Waals surface area contributed by atoms with Crippen LogP contribution in [0.2, 0.25) is 0 Å². The van der Waals surface area contributed by atoms with Crippen molar-refractivity contribution in [3.63, 3.8) is 0 Å². The molecule has 22 heavy (non-hydrogen) atoms. The van der Waals surface area contributed by atoms with E-state index in [-0.39, 0.29) is 5.91 Å². The molecule has 4 heteroatoms. The Bertz CT molecular complexity index is 631. The van der Waals surface area contributed by atoms with E-state index in [0.717, 1.165) is 22.3 Å². The average Bonchev–Trinajstić information content (AvgIpc) is 2.58. The molecule has 0 aliphatic carbocycles. The third-order valence-corrected chi connectivity index (χ3v) is 4.67. The van der Waals surface area contributed by atoms with E-state index in [2.05, 4.69) is 32.8 Å². The van der Waals surface area contributed by atoms with Gasteiger partial charge in [-0.2, -0.15) is 0 Å². The van der Waals surface area contributed by atoms with Gasteiger partial charge in [0.25, 0.3) is 5.91 Å². The van der Waals surface area contributed by atoms with Crippen LogP contribution in [0.4, 0.5) is 11.4 Å². The van der Waals surface area contributed by atoms with E-state index in [1.807, 2.05) is 48.5 Å². The third kappa shape index (κ3) is 3.80. The van der Waals surface area contributed by atoms with Gasteiger partial charge in [-0.15, -0.1) is 0 Å². The Morgan fingerprint density at radius 2 is 1.55 bits per heavy atom. The van der Waals surface area contributed by atoms with Crippen LogP contribution in [0, 0.1) is 3.57 Å². The molecule has 1 fully saturated rings. The molecule has 1 N–H and O–H groups in total. The summed E-state index contributed by atoms with van der Waals surface area (Å²) in [6.45, 7) is 2.24. The smallest absolute Gasteiger partial charge is 0.255 e. The maximum Gasteiger partial charge on any atom is 0.255 e. The molecule has 0 spiro atoms. The van der Waals surface area contributed by atoms with Crippen LogP contribution in [0.1, 0.15) is 29.6 Å². The summed E-state index contributed by atoms with van der Waals surface area (Å²) in [5, 5.41) is 2.93. The fourth-order valence-corrected chi connectivity index (χ4v) is 3.07. The lowest BCUT2D eigenvalue weighted by molar-refractivity contribution is 0.102. The molecule has 2 aromatic carbocycles. The number of nitrogens with zero attached hydrogens (tertiary/aromatic N) is 1. The lowest BCUT2D eigenvalue weighted by Crippen LogP contribution is -2.29. The van der Waals surface area contributed by atoms with Crippen LogP contribution < -0.4 is 10.2 Å². The van der Waals surface area contributed by atoms with Crippen LogP contribution in [-0.2, 0) is 0 Å². The summed E-state index contributed by atoms with van der Waals surface area (Å²) in [7, 11) is 0. The van der Waals surface area contributed by atoms with E-state index in [1.54, 1.807) is 0 Å². The van der Waals surface area contributed by atoms with Crippen LogP contribution in [0.5, 0.6) is 0 Å². The van der Waals surface area contributed by atoms with Gasteiger partial charge >= 0.3 is 0 Å². The molecule has 2 aromatic rings. The maximum atomic E-state index is 12.3. The van der Waals surface area contributed by atoms with Crippen molar-refractivity contribution in [2.24, 2.45) is 0 Å². The van der Waals surface area contributed by atoms with Crippen molar-refractivity contribution in [3.8, 4) is 0 Å². The first-order valence-corrected chi connectivity index (χ1v) is 8.72. The highest BCUT2D eigenvalue weighted by Crippen LogP contribution is 2.20. The zero-order valence-corrected chi connectivity index (χ0v) is 14.5. The van der Waals surface area contributed by atoms with Crippen molar-refractivity contribution < 1.29 is 4.79 Å². The Kier molecular flexibility index (Phi) is 4.97. The summed E-state index contributed by atoms with van der Waals surface area (Å²) in [4.78, 5) is 14.7. The summed E-state index contributed by atoms with van der Waals surface area (Å²) in [5.41, 5.74) is 2.73. The number of benzene rings is 2. The van der Waals surface area contributed by atoms with Gasteiger partial charge in [0.15, 0.2) is 0 Å². The molecular weight excluding hydrogens is 387 g/mol. The number of anilines is 2. The van der Waals surface area contributed by atoms with Crippen LogP contribution in [0.25, 0.3) is 0 Å². The number of hydrogen-bond acceptors (Lipinski definition) is 2. The van der Waals surface area contributed by atoms with Crippen LogP contribution >= 0.6 is 22.6 Å². The molecule has 1 heterocycles. The van der Waals surface area contributed by atoms with Crippen molar-refractivity contribution in [1.82, 2.24) is 0 Å². The monoisotopic (exact) mass is 406 g/mol. The van der Waals surface area contributed by atoms with E-state index >= 15 is 0 Å². The normalized spacial score (nSPS) is 14.7. The molecule has 1 saturated heterocycles. The SMILES string of the molecule is O=C(Nc1ccc(I)cc1)c1ccc(N2CCCCC2)cc1. The third-order valence-electron chi connectivity index (χ3n) is 3.95. The molecular formula is C18H19IN2O. The number of carbonyl (C=O) groups is 1. The van der Waals surface area contributed by atoms with E-state index in [9.17, 15) is 4.79 Å².